The van der Waals surface area contributed by atoms with E-state index in [1.807, 2.05) is 35.2 Å². The molecular weight excluding hydrogens is 376 g/mol. The third kappa shape index (κ3) is 4.78. The van der Waals surface area contributed by atoms with Gasteiger partial charge in [-0.2, -0.15) is 0 Å². The summed E-state index contributed by atoms with van der Waals surface area (Å²) in [5.41, 5.74) is 0.503. The van der Waals surface area contributed by atoms with Crippen molar-refractivity contribution in [1.29, 1.82) is 0 Å². The predicted octanol–water partition coefficient (Wildman–Crippen LogP) is 2.78. The van der Waals surface area contributed by atoms with Crippen LogP contribution in [0.4, 0.5) is 0 Å². The number of hydrogen-bond acceptors (Lipinski definition) is 5. The molecule has 7 heteroatoms. The first-order valence-corrected chi connectivity index (χ1v) is 10.1. The molecule has 28 heavy (non-hydrogen) atoms. The van der Waals surface area contributed by atoms with Crippen molar-refractivity contribution < 1.29 is 19.1 Å². The number of ether oxygens (including phenoxy) is 2. The Bertz CT molecular complexity index is 820. The van der Waals surface area contributed by atoms with Gasteiger partial charge in [-0.25, -0.2) is 0 Å². The molecule has 2 aromatic rings. The van der Waals surface area contributed by atoms with Crippen LogP contribution in [0.3, 0.4) is 0 Å². The van der Waals surface area contributed by atoms with Crippen LogP contribution in [-0.2, 0) is 4.79 Å². The molecule has 0 unspecified atom stereocenters. The van der Waals surface area contributed by atoms with Gasteiger partial charge in [-0.3, -0.25) is 9.59 Å². The normalized spacial score (nSPS) is 13.9. The molecule has 1 heterocycles. The molecule has 0 bridgehead atoms. The van der Waals surface area contributed by atoms with E-state index in [-0.39, 0.29) is 11.8 Å². The zero-order chi connectivity index (χ0) is 19.9. The molecule has 0 radical (unpaired) electrons. The van der Waals surface area contributed by atoms with Crippen molar-refractivity contribution in [2.24, 2.45) is 0 Å². The molecule has 1 fully saturated rings. The molecule has 1 saturated heterocycles. The van der Waals surface area contributed by atoms with Gasteiger partial charge in [0.1, 0.15) is 11.5 Å². The molecule has 2 aromatic carbocycles. The quantitative estimate of drug-likeness (QED) is 0.698. The number of hydrogen-bond donors (Lipinski definition) is 0. The van der Waals surface area contributed by atoms with Crippen LogP contribution in [-0.4, -0.2) is 67.8 Å². The van der Waals surface area contributed by atoms with E-state index >= 15 is 0 Å². The van der Waals surface area contributed by atoms with E-state index in [0.29, 0.717) is 49.0 Å². The van der Waals surface area contributed by atoms with E-state index in [4.69, 9.17) is 9.47 Å². The Balaban J connectivity index is 1.54. The molecule has 0 aromatic heterocycles. The fraction of sp³-hybridized carbons (Fsp3) is 0.333. The van der Waals surface area contributed by atoms with Gasteiger partial charge in [0.25, 0.3) is 5.91 Å². The molecule has 1 aliphatic heterocycles. The lowest BCUT2D eigenvalue weighted by Crippen LogP contribution is -2.51. The first-order chi connectivity index (χ1) is 13.6. The number of carbonyl (C=O) groups excluding carboxylic acids is 2. The van der Waals surface area contributed by atoms with Crippen LogP contribution in [0.15, 0.2) is 53.4 Å². The Kier molecular flexibility index (Phi) is 6.81. The number of carbonyl (C=O) groups is 2. The SMILES string of the molecule is COc1ccc(C(=O)N2CCN(C(=O)CSc3ccccc3)CC2)c(OC)c1. The first kappa shape index (κ1) is 20.1. The Morgan fingerprint density at radius 3 is 2.25 bits per heavy atom. The molecule has 0 saturated carbocycles. The zero-order valence-corrected chi connectivity index (χ0v) is 16.9. The second-order valence-corrected chi connectivity index (χ2v) is 7.39. The van der Waals surface area contributed by atoms with E-state index in [1.165, 1.54) is 18.9 Å². The molecule has 0 spiro atoms. The van der Waals surface area contributed by atoms with Gasteiger partial charge in [-0.1, -0.05) is 18.2 Å². The van der Waals surface area contributed by atoms with Crippen LogP contribution in [0.2, 0.25) is 0 Å². The standard InChI is InChI=1S/C21H24N2O4S/c1-26-16-8-9-18(19(14-16)27-2)21(25)23-12-10-22(11-13-23)20(24)15-28-17-6-4-3-5-7-17/h3-9,14H,10-13,15H2,1-2H3. The number of benzene rings is 2. The van der Waals surface area contributed by atoms with Crippen molar-refractivity contribution in [3.05, 3.63) is 54.1 Å². The maximum atomic E-state index is 12.9. The summed E-state index contributed by atoms with van der Waals surface area (Å²) in [4.78, 5) is 30.0. The Morgan fingerprint density at radius 1 is 0.929 bits per heavy atom. The lowest BCUT2D eigenvalue weighted by molar-refractivity contribution is -0.129. The molecule has 0 aliphatic carbocycles. The van der Waals surface area contributed by atoms with E-state index in [2.05, 4.69) is 0 Å². The number of amides is 2. The Morgan fingerprint density at radius 2 is 1.61 bits per heavy atom. The van der Waals surface area contributed by atoms with Gasteiger partial charge in [0, 0.05) is 37.1 Å². The Labute approximate surface area is 169 Å². The fourth-order valence-electron chi connectivity index (χ4n) is 3.06. The minimum atomic E-state index is -0.0923. The molecule has 0 atom stereocenters. The van der Waals surface area contributed by atoms with Crippen molar-refractivity contribution in [2.45, 2.75) is 4.90 Å². The highest BCUT2D eigenvalue weighted by atomic mass is 32.2. The highest BCUT2D eigenvalue weighted by Gasteiger charge is 2.26. The summed E-state index contributed by atoms with van der Waals surface area (Å²) in [5, 5.41) is 0. The van der Waals surface area contributed by atoms with Crippen LogP contribution in [0.5, 0.6) is 11.5 Å². The molecule has 0 N–H and O–H groups in total. The van der Waals surface area contributed by atoms with Gasteiger partial charge < -0.3 is 19.3 Å². The molecule has 148 valence electrons. The second kappa shape index (κ2) is 9.50. The minimum Gasteiger partial charge on any atom is -0.497 e. The number of thioether (sulfide) groups is 1. The van der Waals surface area contributed by atoms with Gasteiger partial charge in [0.05, 0.1) is 25.5 Å². The maximum absolute atomic E-state index is 12.9. The van der Waals surface area contributed by atoms with Crippen molar-refractivity contribution in [3.8, 4) is 11.5 Å². The van der Waals surface area contributed by atoms with E-state index in [9.17, 15) is 9.59 Å². The van der Waals surface area contributed by atoms with E-state index in [0.717, 1.165) is 4.90 Å². The number of methoxy groups -OCH3 is 2. The average Bonchev–Trinajstić information content (AvgIpc) is 2.77. The number of rotatable bonds is 6. The monoisotopic (exact) mass is 400 g/mol. The van der Waals surface area contributed by atoms with Gasteiger partial charge in [0.2, 0.25) is 5.91 Å². The summed E-state index contributed by atoms with van der Waals surface area (Å²) >= 11 is 1.53. The zero-order valence-electron chi connectivity index (χ0n) is 16.1. The lowest BCUT2D eigenvalue weighted by Gasteiger charge is -2.35. The summed E-state index contributed by atoms with van der Waals surface area (Å²) in [6.07, 6.45) is 0. The molecular formula is C21H24N2O4S. The lowest BCUT2D eigenvalue weighted by atomic mass is 10.1. The second-order valence-electron chi connectivity index (χ2n) is 6.34. The van der Waals surface area contributed by atoms with Crippen molar-refractivity contribution in [3.63, 3.8) is 0 Å². The highest BCUT2D eigenvalue weighted by Crippen LogP contribution is 2.26. The van der Waals surface area contributed by atoms with Crippen LogP contribution in [0, 0.1) is 0 Å². The summed E-state index contributed by atoms with van der Waals surface area (Å²) in [6.45, 7) is 2.10. The fourth-order valence-corrected chi connectivity index (χ4v) is 3.88. The third-order valence-electron chi connectivity index (χ3n) is 4.66. The molecule has 6 nitrogen and oxygen atoms in total. The number of nitrogens with zero attached hydrogens (tertiary/aromatic N) is 2. The summed E-state index contributed by atoms with van der Waals surface area (Å²) in [5.74, 6) is 1.54. The largest absolute Gasteiger partial charge is 0.497 e. The average molecular weight is 401 g/mol. The molecule has 3 rings (SSSR count). The van der Waals surface area contributed by atoms with Crippen LogP contribution < -0.4 is 9.47 Å². The predicted molar refractivity (Wildman–Crippen MR) is 109 cm³/mol. The van der Waals surface area contributed by atoms with Crippen LogP contribution in [0.25, 0.3) is 0 Å². The topological polar surface area (TPSA) is 59.1 Å². The van der Waals surface area contributed by atoms with E-state index in [1.54, 1.807) is 30.2 Å². The van der Waals surface area contributed by atoms with Gasteiger partial charge in [0.15, 0.2) is 0 Å². The third-order valence-corrected chi connectivity index (χ3v) is 5.66. The summed E-state index contributed by atoms with van der Waals surface area (Å²) in [6, 6.07) is 15.0. The smallest absolute Gasteiger partial charge is 0.257 e. The van der Waals surface area contributed by atoms with E-state index < -0.39 is 0 Å². The highest BCUT2D eigenvalue weighted by molar-refractivity contribution is 8.00. The van der Waals surface area contributed by atoms with Crippen molar-refractivity contribution >= 4 is 23.6 Å². The number of piperazine rings is 1. The summed E-state index contributed by atoms with van der Waals surface area (Å²) in [7, 11) is 3.11. The van der Waals surface area contributed by atoms with Gasteiger partial charge in [-0.15, -0.1) is 11.8 Å². The van der Waals surface area contributed by atoms with Crippen molar-refractivity contribution in [2.75, 3.05) is 46.2 Å². The van der Waals surface area contributed by atoms with Gasteiger partial charge >= 0.3 is 0 Å². The first-order valence-electron chi connectivity index (χ1n) is 9.09. The molecule has 1 aliphatic rings. The molecule has 2 amide bonds. The van der Waals surface area contributed by atoms with Gasteiger partial charge in [-0.05, 0) is 24.3 Å². The summed E-state index contributed by atoms with van der Waals surface area (Å²) < 4.78 is 10.5. The Hall–Kier alpha value is -2.67. The van der Waals surface area contributed by atoms with Crippen LogP contribution >= 0.6 is 11.8 Å². The maximum Gasteiger partial charge on any atom is 0.257 e. The minimum absolute atomic E-state index is 0.0923. The van der Waals surface area contributed by atoms with Crippen molar-refractivity contribution in [1.82, 2.24) is 9.80 Å². The van der Waals surface area contributed by atoms with Crippen LogP contribution in [0.1, 0.15) is 10.4 Å².